The highest BCUT2D eigenvalue weighted by Crippen LogP contribution is 2.19. The van der Waals surface area contributed by atoms with Crippen LogP contribution in [0.15, 0.2) is 0 Å². The van der Waals surface area contributed by atoms with Crippen LogP contribution in [0.1, 0.15) is 26.7 Å². The van der Waals surface area contributed by atoms with Gasteiger partial charge in [-0.3, -0.25) is 0 Å². The maximum absolute atomic E-state index is 10.6. The van der Waals surface area contributed by atoms with Crippen LogP contribution in [0.5, 0.6) is 0 Å². The average molecular weight is 213 g/mol. The van der Waals surface area contributed by atoms with E-state index in [4.69, 9.17) is 0 Å². The highest BCUT2D eigenvalue weighted by molar-refractivity contribution is 5.62. The van der Waals surface area contributed by atoms with Crippen molar-refractivity contribution in [3.8, 4) is 0 Å². The molecular formula is C11H21N2O2-. The monoisotopic (exact) mass is 213 g/mol. The van der Waals surface area contributed by atoms with Crippen molar-refractivity contribution in [2.45, 2.75) is 26.7 Å². The number of carbonyl (C=O) groups is 1. The Balaban J connectivity index is 2.21. The molecule has 1 amide bonds. The van der Waals surface area contributed by atoms with Gasteiger partial charge in [0.15, 0.2) is 0 Å². The second kappa shape index (κ2) is 5.95. The summed E-state index contributed by atoms with van der Waals surface area (Å²) in [5.74, 6) is 0.531. The van der Waals surface area contributed by atoms with Gasteiger partial charge in [0.2, 0.25) is 0 Å². The van der Waals surface area contributed by atoms with E-state index in [-0.39, 0.29) is 0 Å². The Hall–Kier alpha value is -0.770. The van der Waals surface area contributed by atoms with Crippen LogP contribution < -0.4 is 5.11 Å². The summed E-state index contributed by atoms with van der Waals surface area (Å²) in [5.41, 5.74) is 0. The van der Waals surface area contributed by atoms with Gasteiger partial charge in [-0.15, -0.1) is 0 Å². The zero-order valence-electron chi connectivity index (χ0n) is 9.74. The molecule has 0 N–H and O–H groups in total. The van der Waals surface area contributed by atoms with Crippen molar-refractivity contribution in [2.24, 2.45) is 5.92 Å². The van der Waals surface area contributed by atoms with Gasteiger partial charge in [-0.2, -0.15) is 0 Å². The van der Waals surface area contributed by atoms with E-state index in [0.29, 0.717) is 19.0 Å². The number of amides is 1. The molecule has 15 heavy (non-hydrogen) atoms. The number of rotatable bonds is 5. The Morgan fingerprint density at radius 3 is 2.60 bits per heavy atom. The minimum Gasteiger partial charge on any atom is -0.530 e. The second-order valence-corrected chi connectivity index (χ2v) is 4.18. The molecule has 1 aliphatic heterocycles. The topological polar surface area (TPSA) is 46.6 Å². The quantitative estimate of drug-likeness (QED) is 0.663. The molecule has 0 aliphatic carbocycles. The summed E-state index contributed by atoms with van der Waals surface area (Å²) in [5, 5.41) is 10.6. The standard InChI is InChI=1S/C11H22N2O2/c1-3-12(4-2)7-5-10-6-8-13(9-10)11(14)15/h10H,3-9H2,1-2H3,(H,14,15)/p-1. The molecule has 0 spiro atoms. The molecule has 88 valence electrons. The molecule has 1 unspecified atom stereocenters. The van der Waals surface area contributed by atoms with Crippen LogP contribution in [-0.2, 0) is 0 Å². The zero-order chi connectivity index (χ0) is 11.3. The minimum absolute atomic E-state index is 0.531. The van der Waals surface area contributed by atoms with E-state index in [1.54, 1.807) is 0 Å². The summed E-state index contributed by atoms with van der Waals surface area (Å²) in [6.07, 6.45) is 1.08. The van der Waals surface area contributed by atoms with E-state index in [1.165, 1.54) is 4.90 Å². The predicted molar refractivity (Wildman–Crippen MR) is 57.5 cm³/mol. The molecule has 0 aromatic rings. The minimum atomic E-state index is -1.01. The SMILES string of the molecule is CCN(CC)CCC1CCN(C(=O)[O-])C1. The number of likely N-dealkylation sites (tertiary alicyclic amines) is 1. The van der Waals surface area contributed by atoms with Crippen LogP contribution in [0.2, 0.25) is 0 Å². The van der Waals surface area contributed by atoms with Crippen LogP contribution in [0.25, 0.3) is 0 Å². The third-order valence-corrected chi connectivity index (χ3v) is 3.29. The second-order valence-electron chi connectivity index (χ2n) is 4.18. The van der Waals surface area contributed by atoms with Crippen LogP contribution in [0.4, 0.5) is 4.79 Å². The van der Waals surface area contributed by atoms with Gasteiger partial charge in [-0.05, 0) is 38.4 Å². The Labute approximate surface area is 91.9 Å². The van der Waals surface area contributed by atoms with Crippen molar-refractivity contribution >= 4 is 6.09 Å². The molecule has 1 saturated heterocycles. The van der Waals surface area contributed by atoms with E-state index >= 15 is 0 Å². The normalized spacial score (nSPS) is 21.3. The van der Waals surface area contributed by atoms with Crippen molar-refractivity contribution in [2.75, 3.05) is 32.7 Å². The van der Waals surface area contributed by atoms with E-state index in [9.17, 15) is 9.90 Å². The number of nitrogens with zero attached hydrogens (tertiary/aromatic N) is 2. The first-order valence-corrected chi connectivity index (χ1v) is 5.85. The van der Waals surface area contributed by atoms with E-state index in [1.807, 2.05) is 0 Å². The lowest BCUT2D eigenvalue weighted by atomic mass is 10.0. The van der Waals surface area contributed by atoms with Crippen molar-refractivity contribution in [1.29, 1.82) is 0 Å². The van der Waals surface area contributed by atoms with Crippen LogP contribution in [0, 0.1) is 5.92 Å². The molecule has 1 rings (SSSR count). The van der Waals surface area contributed by atoms with Crippen LogP contribution >= 0.6 is 0 Å². The highest BCUT2D eigenvalue weighted by atomic mass is 16.4. The van der Waals surface area contributed by atoms with E-state index in [2.05, 4.69) is 18.7 Å². The molecule has 0 radical (unpaired) electrons. The van der Waals surface area contributed by atoms with Gasteiger partial charge in [0.05, 0.1) is 0 Å². The summed E-state index contributed by atoms with van der Waals surface area (Å²) in [6, 6.07) is 0. The first kappa shape index (κ1) is 12.3. The van der Waals surface area contributed by atoms with Gasteiger partial charge in [-0.1, -0.05) is 13.8 Å². The molecular weight excluding hydrogens is 192 g/mol. The molecule has 1 aliphatic rings. The molecule has 1 atom stereocenters. The number of carboxylic acid groups (broad SMARTS) is 1. The van der Waals surface area contributed by atoms with Gasteiger partial charge in [-0.25, -0.2) is 0 Å². The lowest BCUT2D eigenvalue weighted by Gasteiger charge is -2.21. The lowest BCUT2D eigenvalue weighted by molar-refractivity contribution is -0.264. The third-order valence-electron chi connectivity index (χ3n) is 3.29. The van der Waals surface area contributed by atoms with Crippen LogP contribution in [-0.4, -0.2) is 48.6 Å². The first-order valence-electron chi connectivity index (χ1n) is 5.85. The summed E-state index contributed by atoms with van der Waals surface area (Å²) in [7, 11) is 0. The molecule has 4 nitrogen and oxygen atoms in total. The van der Waals surface area contributed by atoms with Crippen molar-refractivity contribution in [3.05, 3.63) is 0 Å². The fourth-order valence-electron chi connectivity index (χ4n) is 2.14. The average Bonchev–Trinajstić information content (AvgIpc) is 2.68. The predicted octanol–water partition coefficient (Wildman–Crippen LogP) is 0.383. The zero-order valence-corrected chi connectivity index (χ0v) is 9.74. The molecule has 4 heteroatoms. The maximum Gasteiger partial charge on any atom is 0.136 e. The van der Waals surface area contributed by atoms with E-state index in [0.717, 1.165) is 32.5 Å². The number of carbonyl (C=O) groups excluding carboxylic acids is 1. The first-order chi connectivity index (χ1) is 7.17. The van der Waals surface area contributed by atoms with Crippen LogP contribution in [0.3, 0.4) is 0 Å². The van der Waals surface area contributed by atoms with Crippen molar-refractivity contribution in [3.63, 3.8) is 0 Å². The van der Waals surface area contributed by atoms with Crippen molar-refractivity contribution < 1.29 is 9.90 Å². The lowest BCUT2D eigenvalue weighted by Crippen LogP contribution is -2.39. The van der Waals surface area contributed by atoms with Gasteiger partial charge >= 0.3 is 0 Å². The third kappa shape index (κ3) is 3.70. The fourth-order valence-corrected chi connectivity index (χ4v) is 2.14. The molecule has 0 bridgehead atoms. The van der Waals surface area contributed by atoms with Gasteiger partial charge < -0.3 is 19.7 Å². The van der Waals surface area contributed by atoms with Crippen molar-refractivity contribution in [1.82, 2.24) is 9.80 Å². The summed E-state index contributed by atoms with van der Waals surface area (Å²) < 4.78 is 0. The molecule has 1 fully saturated rings. The Morgan fingerprint density at radius 2 is 2.13 bits per heavy atom. The maximum atomic E-state index is 10.6. The molecule has 0 aromatic carbocycles. The molecule has 0 aromatic heterocycles. The van der Waals surface area contributed by atoms with Gasteiger partial charge in [0, 0.05) is 13.1 Å². The van der Waals surface area contributed by atoms with E-state index < -0.39 is 6.09 Å². The largest absolute Gasteiger partial charge is 0.530 e. The summed E-state index contributed by atoms with van der Waals surface area (Å²) >= 11 is 0. The molecule has 0 saturated carbocycles. The summed E-state index contributed by atoms with van der Waals surface area (Å²) in [6.45, 7) is 8.88. The Morgan fingerprint density at radius 1 is 1.47 bits per heavy atom. The number of hydrogen-bond donors (Lipinski definition) is 0. The Kier molecular flexibility index (Phi) is 4.88. The Bertz CT molecular complexity index is 205. The fraction of sp³-hybridized carbons (Fsp3) is 0.909. The number of hydrogen-bond acceptors (Lipinski definition) is 3. The smallest absolute Gasteiger partial charge is 0.136 e. The van der Waals surface area contributed by atoms with Gasteiger partial charge in [0.25, 0.3) is 0 Å². The summed E-state index contributed by atoms with van der Waals surface area (Å²) in [4.78, 5) is 14.4. The van der Waals surface area contributed by atoms with Gasteiger partial charge in [0.1, 0.15) is 6.09 Å². The molecule has 1 heterocycles. The highest BCUT2D eigenvalue weighted by Gasteiger charge is 2.22.